The number of nitrogens with one attached hydrogen (secondary N) is 1. The molecule has 3 aromatic rings. The molecule has 0 saturated carbocycles. The van der Waals surface area contributed by atoms with Crippen LogP contribution in [0.2, 0.25) is 0 Å². The van der Waals surface area contributed by atoms with Gasteiger partial charge in [-0.25, -0.2) is 4.98 Å². The van der Waals surface area contributed by atoms with E-state index >= 15 is 0 Å². The maximum atomic E-state index is 11.4. The van der Waals surface area contributed by atoms with Crippen molar-refractivity contribution in [3.05, 3.63) is 84.3 Å². The van der Waals surface area contributed by atoms with Gasteiger partial charge < -0.3 is 0 Å². The molecule has 0 bridgehead atoms. The molecular weight excluding hydrogens is 340 g/mol. The first-order valence-corrected chi connectivity index (χ1v) is 8.72. The summed E-state index contributed by atoms with van der Waals surface area (Å²) in [4.78, 5) is 8.16. The third-order valence-corrected chi connectivity index (χ3v) is 4.11. The Bertz CT molecular complexity index is 991. The lowest BCUT2D eigenvalue weighted by atomic mass is 10.1. The fraction of sp³-hybridized carbons (Fsp3) is 0. The lowest BCUT2D eigenvalue weighted by Crippen LogP contribution is -2.10. The van der Waals surface area contributed by atoms with Crippen LogP contribution in [0.15, 0.2) is 83.1 Å². The zero-order valence-electron chi connectivity index (χ0n) is 12.9. The van der Waals surface area contributed by atoms with E-state index in [2.05, 4.69) is 20.5 Å². The molecule has 0 radical (unpaired) electrons. The quantitative estimate of drug-likeness (QED) is 0.414. The summed E-state index contributed by atoms with van der Waals surface area (Å²) in [5.74, 6) is 0.530. The van der Waals surface area contributed by atoms with Crippen LogP contribution in [0.4, 0.5) is 5.82 Å². The number of nitrogens with zero attached hydrogens (tertiary/aromatic N) is 3. The fourth-order valence-corrected chi connectivity index (χ4v) is 2.64. The molecule has 0 aliphatic carbocycles. The van der Waals surface area contributed by atoms with Gasteiger partial charge in [-0.15, -0.1) is 0 Å². The average Bonchev–Trinajstić information content (AvgIpc) is 2.63. The van der Waals surface area contributed by atoms with Crippen LogP contribution in [0.3, 0.4) is 0 Å². The lowest BCUT2D eigenvalue weighted by Gasteiger charge is -2.08. The number of hydrogen-bond acceptors (Lipinski definition) is 6. The summed E-state index contributed by atoms with van der Waals surface area (Å²) in [7, 11) is -4.32. The number of anilines is 1. The van der Waals surface area contributed by atoms with Crippen molar-refractivity contribution in [3.63, 3.8) is 0 Å². The molecular formula is C17H14N4O3S. The topological polar surface area (TPSA) is 105 Å². The highest BCUT2D eigenvalue weighted by Gasteiger charge is 2.14. The minimum absolute atomic E-state index is 0.216. The monoisotopic (exact) mass is 354 g/mol. The molecule has 0 saturated heterocycles. The van der Waals surface area contributed by atoms with Crippen molar-refractivity contribution in [1.29, 1.82) is 0 Å². The predicted octanol–water partition coefficient (Wildman–Crippen LogP) is 2.59. The summed E-state index contributed by atoms with van der Waals surface area (Å²) in [6.45, 7) is 0. The fourth-order valence-electron chi connectivity index (χ4n) is 2.12. The number of hydrazone groups is 1. The van der Waals surface area contributed by atoms with Gasteiger partial charge in [0, 0.05) is 18.0 Å². The number of rotatable bonds is 5. The van der Waals surface area contributed by atoms with Crippen molar-refractivity contribution in [2.45, 2.75) is 4.90 Å². The van der Waals surface area contributed by atoms with Crippen LogP contribution in [0, 0.1) is 0 Å². The summed E-state index contributed by atoms with van der Waals surface area (Å²) in [5, 5.41) is 4.32. The minimum Gasteiger partial charge on any atom is -0.282 e. The molecule has 7 nitrogen and oxygen atoms in total. The Balaban J connectivity index is 2.06. The van der Waals surface area contributed by atoms with E-state index in [0.717, 1.165) is 0 Å². The largest absolute Gasteiger partial charge is 0.294 e. The molecule has 2 aromatic heterocycles. The van der Waals surface area contributed by atoms with E-state index in [-0.39, 0.29) is 4.90 Å². The first kappa shape index (κ1) is 16.7. The van der Waals surface area contributed by atoms with Gasteiger partial charge in [-0.2, -0.15) is 13.5 Å². The second-order valence-corrected chi connectivity index (χ2v) is 6.43. The third-order valence-electron chi connectivity index (χ3n) is 3.26. The van der Waals surface area contributed by atoms with E-state index < -0.39 is 10.1 Å². The molecule has 126 valence electrons. The van der Waals surface area contributed by atoms with Crippen molar-refractivity contribution in [3.8, 4) is 0 Å². The number of pyridine rings is 2. The van der Waals surface area contributed by atoms with Gasteiger partial charge in [0.05, 0.1) is 10.6 Å². The van der Waals surface area contributed by atoms with Crippen molar-refractivity contribution >= 4 is 21.6 Å². The van der Waals surface area contributed by atoms with Crippen LogP contribution in [0.25, 0.3) is 0 Å². The molecule has 0 unspecified atom stereocenters. The van der Waals surface area contributed by atoms with Gasteiger partial charge in [0.1, 0.15) is 11.5 Å². The Kier molecular flexibility index (Phi) is 4.82. The highest BCUT2D eigenvalue weighted by Crippen LogP contribution is 2.15. The van der Waals surface area contributed by atoms with Crippen molar-refractivity contribution in [2.24, 2.45) is 5.10 Å². The first-order valence-electron chi connectivity index (χ1n) is 7.28. The maximum absolute atomic E-state index is 11.4. The zero-order chi connectivity index (χ0) is 17.7. The molecule has 0 spiro atoms. The van der Waals surface area contributed by atoms with Gasteiger partial charge in [-0.1, -0.05) is 24.3 Å². The van der Waals surface area contributed by atoms with Crippen LogP contribution in [0.5, 0.6) is 0 Å². The molecule has 2 N–H and O–H groups in total. The molecule has 8 heteroatoms. The Hall–Kier alpha value is -3.10. The predicted molar refractivity (Wildman–Crippen MR) is 94.0 cm³/mol. The van der Waals surface area contributed by atoms with Crippen molar-refractivity contribution in [1.82, 2.24) is 9.97 Å². The van der Waals surface area contributed by atoms with Crippen molar-refractivity contribution in [2.75, 3.05) is 5.43 Å². The summed E-state index contributed by atoms with van der Waals surface area (Å²) < 4.78 is 32.1. The highest BCUT2D eigenvalue weighted by atomic mass is 32.2. The van der Waals surface area contributed by atoms with Gasteiger partial charge >= 0.3 is 0 Å². The van der Waals surface area contributed by atoms with Crippen LogP contribution in [0.1, 0.15) is 11.3 Å². The molecule has 0 amide bonds. The number of aromatic nitrogens is 2. The Morgan fingerprint density at radius 3 is 2.36 bits per heavy atom. The number of benzene rings is 1. The third kappa shape index (κ3) is 4.25. The molecule has 0 aliphatic heterocycles. The van der Waals surface area contributed by atoms with E-state index in [1.807, 2.05) is 6.07 Å². The second-order valence-electron chi connectivity index (χ2n) is 5.01. The van der Waals surface area contributed by atoms with Crippen LogP contribution < -0.4 is 5.43 Å². The molecule has 0 fully saturated rings. The summed E-state index contributed by atoms with van der Waals surface area (Å²) in [6, 6.07) is 16.5. The standard InChI is InChI=1S/C17H14N4O3S/c22-25(23,24)14-7-5-6-13(12-14)17(15-8-1-3-10-18-15)21-20-16-9-2-4-11-19-16/h1-12H,(H,19,20)(H,22,23,24)/b21-17-. The summed E-state index contributed by atoms with van der Waals surface area (Å²) in [5.41, 5.74) is 4.26. The Morgan fingerprint density at radius 2 is 1.72 bits per heavy atom. The van der Waals surface area contributed by atoms with Crippen LogP contribution in [-0.2, 0) is 10.1 Å². The molecule has 25 heavy (non-hydrogen) atoms. The lowest BCUT2D eigenvalue weighted by molar-refractivity contribution is 0.483. The molecule has 3 rings (SSSR count). The molecule has 0 atom stereocenters. The van der Waals surface area contributed by atoms with E-state index in [1.54, 1.807) is 48.8 Å². The van der Waals surface area contributed by atoms with Gasteiger partial charge in [-0.3, -0.25) is 15.0 Å². The Morgan fingerprint density at radius 1 is 0.960 bits per heavy atom. The van der Waals surface area contributed by atoms with E-state index in [0.29, 0.717) is 22.8 Å². The first-order chi connectivity index (χ1) is 12.0. The number of hydrogen-bond donors (Lipinski definition) is 2. The van der Waals surface area contributed by atoms with Gasteiger partial charge in [0.2, 0.25) is 0 Å². The van der Waals surface area contributed by atoms with Gasteiger partial charge in [0.25, 0.3) is 10.1 Å². The second kappa shape index (κ2) is 7.20. The smallest absolute Gasteiger partial charge is 0.282 e. The van der Waals surface area contributed by atoms with Crippen LogP contribution >= 0.6 is 0 Å². The normalized spacial score (nSPS) is 12.0. The minimum atomic E-state index is -4.32. The van der Waals surface area contributed by atoms with E-state index in [1.165, 1.54) is 18.2 Å². The molecule has 2 heterocycles. The van der Waals surface area contributed by atoms with E-state index in [4.69, 9.17) is 0 Å². The van der Waals surface area contributed by atoms with Gasteiger partial charge in [0.15, 0.2) is 0 Å². The molecule has 0 aliphatic rings. The highest BCUT2D eigenvalue weighted by molar-refractivity contribution is 7.85. The average molecular weight is 354 g/mol. The molecule has 1 aromatic carbocycles. The van der Waals surface area contributed by atoms with E-state index in [9.17, 15) is 13.0 Å². The summed E-state index contributed by atoms with van der Waals surface area (Å²) in [6.07, 6.45) is 3.23. The zero-order valence-corrected chi connectivity index (χ0v) is 13.8. The maximum Gasteiger partial charge on any atom is 0.294 e. The van der Waals surface area contributed by atoms with Gasteiger partial charge in [-0.05, 0) is 36.4 Å². The SMILES string of the molecule is O=S(=O)(O)c1cccc(/C(=N/Nc2ccccn2)c2ccccn2)c1. The summed E-state index contributed by atoms with van der Waals surface area (Å²) >= 11 is 0. The van der Waals surface area contributed by atoms with Crippen molar-refractivity contribution < 1.29 is 13.0 Å². The van der Waals surface area contributed by atoms with Crippen LogP contribution in [-0.4, -0.2) is 28.7 Å². The Labute approximate surface area is 144 Å².